The summed E-state index contributed by atoms with van der Waals surface area (Å²) in [5.41, 5.74) is 0.469. The van der Waals surface area contributed by atoms with E-state index in [4.69, 9.17) is 16.3 Å². The number of nitro benzene ring substituents is 1. The van der Waals surface area contributed by atoms with Crippen molar-refractivity contribution in [2.75, 3.05) is 13.7 Å². The van der Waals surface area contributed by atoms with E-state index in [9.17, 15) is 10.1 Å². The van der Waals surface area contributed by atoms with Crippen LogP contribution in [0.4, 0.5) is 5.69 Å². The molecule has 0 atom stereocenters. The summed E-state index contributed by atoms with van der Waals surface area (Å²) in [6.07, 6.45) is 1.54. The number of hydrogen-bond acceptors (Lipinski definition) is 5. The Morgan fingerprint density at radius 3 is 2.95 bits per heavy atom. The summed E-state index contributed by atoms with van der Waals surface area (Å²) < 4.78 is 6.73. The molecular weight excluding hydrogens is 272 g/mol. The van der Waals surface area contributed by atoms with Gasteiger partial charge in [0, 0.05) is 36.4 Å². The van der Waals surface area contributed by atoms with Gasteiger partial charge >= 0.3 is 0 Å². The Hall–Kier alpha value is -1.99. The summed E-state index contributed by atoms with van der Waals surface area (Å²) in [7, 11) is 1.59. The summed E-state index contributed by atoms with van der Waals surface area (Å²) in [6.45, 7) is 1.05. The van der Waals surface area contributed by atoms with Crippen molar-refractivity contribution in [1.29, 1.82) is 0 Å². The van der Waals surface area contributed by atoms with Gasteiger partial charge in [0.2, 0.25) is 0 Å². The Bertz CT molecular complexity index is 599. The number of rotatable bonds is 5. The lowest BCUT2D eigenvalue weighted by Crippen LogP contribution is -2.05. The number of aromatic nitrogens is 3. The molecule has 2 aromatic rings. The maximum absolute atomic E-state index is 10.8. The van der Waals surface area contributed by atoms with E-state index in [1.165, 1.54) is 12.1 Å². The number of non-ortho nitro benzene ring substituents is 1. The first kappa shape index (κ1) is 13.4. The second-order valence-electron chi connectivity index (χ2n) is 3.80. The third-order valence-electron chi connectivity index (χ3n) is 2.50. The molecule has 1 aromatic heterocycles. The lowest BCUT2D eigenvalue weighted by molar-refractivity contribution is -0.384. The van der Waals surface area contributed by atoms with E-state index in [1.54, 1.807) is 24.1 Å². The molecule has 0 N–H and O–H groups in total. The van der Waals surface area contributed by atoms with Gasteiger partial charge in [0.1, 0.15) is 6.33 Å². The molecule has 0 aliphatic carbocycles. The van der Waals surface area contributed by atoms with Crippen molar-refractivity contribution in [2.24, 2.45) is 0 Å². The fourth-order valence-electron chi connectivity index (χ4n) is 1.64. The van der Waals surface area contributed by atoms with E-state index in [0.29, 0.717) is 24.5 Å². The lowest BCUT2D eigenvalue weighted by atomic mass is 10.2. The van der Waals surface area contributed by atoms with Gasteiger partial charge in [-0.25, -0.2) is 0 Å². The molecule has 2 rings (SSSR count). The van der Waals surface area contributed by atoms with E-state index in [1.807, 2.05) is 0 Å². The van der Waals surface area contributed by atoms with Gasteiger partial charge in [-0.3, -0.25) is 10.1 Å². The summed E-state index contributed by atoms with van der Waals surface area (Å²) in [5.74, 6) is 0.516. The molecule has 0 fully saturated rings. The predicted molar refractivity (Wildman–Crippen MR) is 69.0 cm³/mol. The molecule has 19 heavy (non-hydrogen) atoms. The van der Waals surface area contributed by atoms with E-state index in [2.05, 4.69) is 10.2 Å². The van der Waals surface area contributed by atoms with Crippen molar-refractivity contribution >= 4 is 17.3 Å². The molecule has 1 aromatic carbocycles. The fourth-order valence-corrected chi connectivity index (χ4v) is 1.87. The van der Waals surface area contributed by atoms with Crippen LogP contribution in [-0.2, 0) is 11.3 Å². The van der Waals surface area contributed by atoms with Crippen molar-refractivity contribution in [3.05, 3.63) is 39.7 Å². The van der Waals surface area contributed by atoms with Crippen LogP contribution in [0.3, 0.4) is 0 Å². The van der Waals surface area contributed by atoms with Gasteiger partial charge in [0.25, 0.3) is 5.69 Å². The third kappa shape index (κ3) is 3.07. The molecular formula is C11H11ClN4O3. The zero-order valence-corrected chi connectivity index (χ0v) is 10.9. The maximum Gasteiger partial charge on any atom is 0.271 e. The molecule has 0 saturated carbocycles. The molecule has 0 aliphatic heterocycles. The van der Waals surface area contributed by atoms with E-state index < -0.39 is 4.92 Å². The molecule has 0 saturated heterocycles. The SMILES string of the molecule is COCCn1cnnc1-c1cc(Cl)cc([N+](=O)[O-])c1. The van der Waals surface area contributed by atoms with Crippen molar-refractivity contribution in [3.63, 3.8) is 0 Å². The van der Waals surface area contributed by atoms with Crippen LogP contribution in [0.1, 0.15) is 0 Å². The maximum atomic E-state index is 10.8. The Morgan fingerprint density at radius 1 is 1.47 bits per heavy atom. The van der Waals surface area contributed by atoms with Gasteiger partial charge in [-0.15, -0.1) is 10.2 Å². The van der Waals surface area contributed by atoms with Crippen LogP contribution < -0.4 is 0 Å². The molecule has 0 spiro atoms. The van der Waals surface area contributed by atoms with Gasteiger partial charge in [0.05, 0.1) is 11.5 Å². The number of halogens is 1. The summed E-state index contributed by atoms with van der Waals surface area (Å²) in [4.78, 5) is 10.3. The molecule has 100 valence electrons. The highest BCUT2D eigenvalue weighted by molar-refractivity contribution is 6.31. The van der Waals surface area contributed by atoms with Crippen LogP contribution in [0.5, 0.6) is 0 Å². The molecule has 0 amide bonds. The molecule has 0 bridgehead atoms. The van der Waals surface area contributed by atoms with Gasteiger partial charge in [-0.05, 0) is 6.07 Å². The fraction of sp³-hybridized carbons (Fsp3) is 0.273. The van der Waals surface area contributed by atoms with Crippen LogP contribution in [0.15, 0.2) is 24.5 Å². The van der Waals surface area contributed by atoms with Crippen LogP contribution in [-0.4, -0.2) is 33.4 Å². The van der Waals surface area contributed by atoms with Gasteiger partial charge in [0.15, 0.2) is 5.82 Å². The number of nitrogens with zero attached hydrogens (tertiary/aromatic N) is 4. The molecule has 0 unspecified atom stereocenters. The van der Waals surface area contributed by atoms with Crippen LogP contribution in [0, 0.1) is 10.1 Å². The average Bonchev–Trinajstić information content (AvgIpc) is 2.83. The normalized spacial score (nSPS) is 10.6. The quantitative estimate of drug-likeness (QED) is 0.620. The minimum Gasteiger partial charge on any atom is -0.383 e. The topological polar surface area (TPSA) is 83.1 Å². The molecule has 1 heterocycles. The predicted octanol–water partition coefficient (Wildman–Crippen LogP) is 2.15. The Morgan fingerprint density at radius 2 is 2.26 bits per heavy atom. The first-order chi connectivity index (χ1) is 9.11. The molecule has 7 nitrogen and oxygen atoms in total. The summed E-state index contributed by atoms with van der Waals surface area (Å²) in [6, 6.07) is 4.32. The van der Waals surface area contributed by atoms with E-state index in [-0.39, 0.29) is 10.7 Å². The first-order valence-electron chi connectivity index (χ1n) is 5.44. The highest BCUT2D eigenvalue weighted by Gasteiger charge is 2.14. The highest BCUT2D eigenvalue weighted by atomic mass is 35.5. The number of hydrogen-bond donors (Lipinski definition) is 0. The Kier molecular flexibility index (Phi) is 4.08. The molecule has 8 heteroatoms. The molecule has 0 radical (unpaired) electrons. The Labute approximate surface area is 113 Å². The minimum atomic E-state index is -0.495. The van der Waals surface area contributed by atoms with Crippen molar-refractivity contribution in [1.82, 2.24) is 14.8 Å². The number of nitro groups is 1. The number of ether oxygens (including phenoxy) is 1. The van der Waals surface area contributed by atoms with Crippen molar-refractivity contribution in [2.45, 2.75) is 6.54 Å². The third-order valence-corrected chi connectivity index (χ3v) is 2.72. The first-order valence-corrected chi connectivity index (χ1v) is 5.81. The van der Waals surface area contributed by atoms with Gasteiger partial charge in [-0.1, -0.05) is 11.6 Å². The smallest absolute Gasteiger partial charge is 0.271 e. The zero-order valence-electron chi connectivity index (χ0n) is 10.1. The Balaban J connectivity index is 2.41. The standard InChI is InChI=1S/C11H11ClN4O3/c1-19-3-2-15-7-13-14-11(15)8-4-9(12)6-10(5-8)16(17)18/h4-7H,2-3H2,1H3. The van der Waals surface area contributed by atoms with Crippen LogP contribution in [0.2, 0.25) is 5.02 Å². The average molecular weight is 283 g/mol. The second-order valence-corrected chi connectivity index (χ2v) is 4.23. The van der Waals surface area contributed by atoms with Crippen molar-refractivity contribution < 1.29 is 9.66 Å². The zero-order chi connectivity index (χ0) is 13.8. The van der Waals surface area contributed by atoms with E-state index >= 15 is 0 Å². The lowest BCUT2D eigenvalue weighted by Gasteiger charge is -2.06. The van der Waals surface area contributed by atoms with Crippen molar-refractivity contribution in [3.8, 4) is 11.4 Å². The number of benzene rings is 1. The van der Waals surface area contributed by atoms with E-state index in [0.717, 1.165) is 0 Å². The molecule has 0 aliphatic rings. The summed E-state index contributed by atoms with van der Waals surface area (Å²) >= 11 is 5.88. The monoisotopic (exact) mass is 282 g/mol. The minimum absolute atomic E-state index is 0.0798. The van der Waals surface area contributed by atoms with Gasteiger partial charge in [-0.2, -0.15) is 0 Å². The largest absolute Gasteiger partial charge is 0.383 e. The van der Waals surface area contributed by atoms with Gasteiger partial charge < -0.3 is 9.30 Å². The number of methoxy groups -OCH3 is 1. The van der Waals surface area contributed by atoms with Crippen LogP contribution in [0.25, 0.3) is 11.4 Å². The summed E-state index contributed by atoms with van der Waals surface area (Å²) in [5, 5.41) is 18.9. The highest BCUT2D eigenvalue weighted by Crippen LogP contribution is 2.27. The second kappa shape index (κ2) is 5.77. The van der Waals surface area contributed by atoms with Crippen LogP contribution >= 0.6 is 11.6 Å².